The van der Waals surface area contributed by atoms with Crippen molar-refractivity contribution < 1.29 is 14.3 Å². The molecule has 3 aliphatic rings. The Morgan fingerprint density at radius 3 is 2.79 bits per heavy atom. The molecule has 1 spiro atoms. The summed E-state index contributed by atoms with van der Waals surface area (Å²) in [6.07, 6.45) is 6.67. The lowest BCUT2D eigenvalue weighted by Crippen LogP contribution is -2.48. The molecule has 1 aromatic heterocycles. The zero-order valence-electron chi connectivity index (χ0n) is 13.7. The molecule has 130 valence electrons. The summed E-state index contributed by atoms with van der Waals surface area (Å²) in [6, 6.07) is 0. The highest BCUT2D eigenvalue weighted by Gasteiger charge is 2.47. The Morgan fingerprint density at radius 2 is 2.08 bits per heavy atom. The number of rotatable bonds is 4. The number of nitrogens with zero attached hydrogens (tertiary/aromatic N) is 1. The summed E-state index contributed by atoms with van der Waals surface area (Å²) in [4.78, 5) is 29.5. The first-order valence-corrected chi connectivity index (χ1v) is 9.56. The van der Waals surface area contributed by atoms with Crippen LogP contribution in [-0.4, -0.2) is 43.0 Å². The second kappa shape index (κ2) is 6.54. The summed E-state index contributed by atoms with van der Waals surface area (Å²) in [5, 5.41) is 6.82. The van der Waals surface area contributed by atoms with Crippen LogP contribution in [0.2, 0.25) is 0 Å². The van der Waals surface area contributed by atoms with Crippen LogP contribution in [0.5, 0.6) is 0 Å². The number of nitrogens with one attached hydrogen (secondary N) is 2. The lowest BCUT2D eigenvalue weighted by Gasteiger charge is -2.49. The zero-order chi connectivity index (χ0) is 16.6. The van der Waals surface area contributed by atoms with Gasteiger partial charge in [0.05, 0.1) is 17.7 Å². The Balaban J connectivity index is 1.31. The quantitative estimate of drug-likeness (QED) is 0.814. The number of hydrogen-bond acceptors (Lipinski definition) is 6. The van der Waals surface area contributed by atoms with Crippen LogP contribution in [0.3, 0.4) is 0 Å². The molecule has 3 heterocycles. The highest BCUT2D eigenvalue weighted by atomic mass is 32.1. The molecule has 2 aliphatic heterocycles. The fourth-order valence-corrected chi connectivity index (χ4v) is 4.97. The standard InChI is InChI=1S/C17H23N3O3S/c21-14(11-1-6-23-10-11)13-9-19-16(24-13)20-15(22)12-7-17(8-12)2-4-18-5-3-17/h9,11-12,18H,1-8,10H2,(H,19,20,22). The van der Waals surface area contributed by atoms with Gasteiger partial charge in [0.15, 0.2) is 10.9 Å². The largest absolute Gasteiger partial charge is 0.381 e. The Bertz CT molecular complexity index is 625. The first-order valence-electron chi connectivity index (χ1n) is 8.75. The van der Waals surface area contributed by atoms with E-state index in [-0.39, 0.29) is 23.5 Å². The predicted molar refractivity (Wildman–Crippen MR) is 91.3 cm³/mol. The number of piperidine rings is 1. The van der Waals surface area contributed by atoms with Crippen LogP contribution >= 0.6 is 11.3 Å². The SMILES string of the molecule is O=C(Nc1ncc(C(=O)C2CCOC2)s1)C1CC2(CCNCC2)C1. The number of carbonyl (C=O) groups excluding carboxylic acids is 2. The number of aromatic nitrogens is 1. The summed E-state index contributed by atoms with van der Waals surface area (Å²) >= 11 is 1.28. The summed E-state index contributed by atoms with van der Waals surface area (Å²) in [6.45, 7) is 3.28. The van der Waals surface area contributed by atoms with E-state index < -0.39 is 0 Å². The molecule has 1 saturated carbocycles. The van der Waals surface area contributed by atoms with Crippen LogP contribution in [0.1, 0.15) is 41.8 Å². The van der Waals surface area contributed by atoms with Gasteiger partial charge < -0.3 is 15.4 Å². The topological polar surface area (TPSA) is 80.3 Å². The maximum atomic E-state index is 12.4. The molecule has 1 amide bonds. The van der Waals surface area contributed by atoms with Gasteiger partial charge in [0.1, 0.15) is 0 Å². The average molecular weight is 349 g/mol. The van der Waals surface area contributed by atoms with E-state index >= 15 is 0 Å². The van der Waals surface area contributed by atoms with Crippen molar-refractivity contribution >= 4 is 28.2 Å². The second-order valence-corrected chi connectivity index (χ2v) is 8.33. The molecule has 24 heavy (non-hydrogen) atoms. The van der Waals surface area contributed by atoms with Gasteiger partial charge >= 0.3 is 0 Å². The number of hydrogen-bond donors (Lipinski definition) is 2. The molecule has 3 fully saturated rings. The van der Waals surface area contributed by atoms with Gasteiger partial charge in [-0.2, -0.15) is 0 Å². The predicted octanol–water partition coefficient (Wildman–Crippen LogP) is 2.08. The van der Waals surface area contributed by atoms with Crippen LogP contribution in [0.4, 0.5) is 5.13 Å². The average Bonchev–Trinajstić information content (AvgIpc) is 3.24. The summed E-state index contributed by atoms with van der Waals surface area (Å²) < 4.78 is 5.27. The van der Waals surface area contributed by atoms with E-state index in [2.05, 4.69) is 15.6 Å². The van der Waals surface area contributed by atoms with Gasteiger partial charge in [-0.3, -0.25) is 9.59 Å². The van der Waals surface area contributed by atoms with Crippen molar-refractivity contribution in [2.75, 3.05) is 31.6 Å². The van der Waals surface area contributed by atoms with Gasteiger partial charge in [0.25, 0.3) is 0 Å². The molecule has 1 atom stereocenters. The number of Topliss-reactive ketones (excluding diaryl/α,β-unsaturated/α-hetero) is 1. The van der Waals surface area contributed by atoms with Gasteiger partial charge in [0.2, 0.25) is 5.91 Å². The first kappa shape index (κ1) is 16.2. The van der Waals surface area contributed by atoms with E-state index in [9.17, 15) is 9.59 Å². The van der Waals surface area contributed by atoms with E-state index in [0.717, 1.165) is 32.4 Å². The molecule has 6 nitrogen and oxygen atoms in total. The minimum Gasteiger partial charge on any atom is -0.381 e. The number of ketones is 1. The number of amides is 1. The Labute approximate surface area is 145 Å². The van der Waals surface area contributed by atoms with Gasteiger partial charge in [0, 0.05) is 18.4 Å². The number of carbonyl (C=O) groups is 2. The van der Waals surface area contributed by atoms with Crippen LogP contribution in [-0.2, 0) is 9.53 Å². The van der Waals surface area contributed by atoms with E-state index in [4.69, 9.17) is 4.74 Å². The molecule has 2 saturated heterocycles. The number of ether oxygens (including phenoxy) is 1. The van der Waals surface area contributed by atoms with Crippen molar-refractivity contribution in [1.29, 1.82) is 0 Å². The van der Waals surface area contributed by atoms with E-state index in [1.54, 1.807) is 6.20 Å². The molecular weight excluding hydrogens is 326 g/mol. The van der Waals surface area contributed by atoms with Gasteiger partial charge in [-0.25, -0.2) is 4.98 Å². The maximum Gasteiger partial charge on any atom is 0.229 e. The third-order valence-electron chi connectivity index (χ3n) is 5.67. The lowest BCUT2D eigenvalue weighted by molar-refractivity contribution is -0.128. The minimum atomic E-state index is -0.0552. The summed E-state index contributed by atoms with van der Waals surface area (Å²) in [7, 11) is 0. The third kappa shape index (κ3) is 3.12. The van der Waals surface area contributed by atoms with Crippen LogP contribution in [0, 0.1) is 17.3 Å². The van der Waals surface area contributed by atoms with Crippen molar-refractivity contribution in [1.82, 2.24) is 10.3 Å². The maximum absolute atomic E-state index is 12.4. The van der Waals surface area contributed by atoms with Gasteiger partial charge in [-0.1, -0.05) is 11.3 Å². The Morgan fingerprint density at radius 1 is 1.29 bits per heavy atom. The summed E-state index contributed by atoms with van der Waals surface area (Å²) in [5.74, 6) is 0.175. The van der Waals surface area contributed by atoms with E-state index in [1.807, 2.05) is 0 Å². The second-order valence-electron chi connectivity index (χ2n) is 7.30. The fourth-order valence-electron chi connectivity index (χ4n) is 4.13. The molecule has 4 rings (SSSR count). The van der Waals surface area contributed by atoms with E-state index in [1.165, 1.54) is 24.2 Å². The van der Waals surface area contributed by atoms with Crippen LogP contribution < -0.4 is 10.6 Å². The number of thiazole rings is 1. The van der Waals surface area contributed by atoms with E-state index in [0.29, 0.717) is 28.6 Å². The molecule has 0 radical (unpaired) electrons. The lowest BCUT2D eigenvalue weighted by atomic mass is 9.57. The normalized spacial score (nSPS) is 26.2. The Kier molecular flexibility index (Phi) is 4.40. The minimum absolute atomic E-state index is 0.0525. The molecule has 1 unspecified atom stereocenters. The van der Waals surface area contributed by atoms with Gasteiger partial charge in [-0.05, 0) is 50.6 Å². The zero-order valence-corrected chi connectivity index (χ0v) is 14.5. The van der Waals surface area contributed by atoms with Crippen molar-refractivity contribution in [3.05, 3.63) is 11.1 Å². The Hall–Kier alpha value is -1.31. The monoisotopic (exact) mass is 349 g/mol. The smallest absolute Gasteiger partial charge is 0.229 e. The molecular formula is C17H23N3O3S. The van der Waals surface area contributed by atoms with Gasteiger partial charge in [-0.15, -0.1) is 0 Å². The summed E-state index contributed by atoms with van der Waals surface area (Å²) in [5.41, 5.74) is 0.389. The molecule has 0 aromatic carbocycles. The van der Waals surface area contributed by atoms with Crippen molar-refractivity contribution in [2.45, 2.75) is 32.1 Å². The first-order chi connectivity index (χ1) is 11.7. The van der Waals surface area contributed by atoms with Crippen LogP contribution in [0.15, 0.2) is 6.20 Å². The molecule has 1 aliphatic carbocycles. The fraction of sp³-hybridized carbons (Fsp3) is 0.706. The molecule has 7 heteroatoms. The van der Waals surface area contributed by atoms with Crippen molar-refractivity contribution in [2.24, 2.45) is 17.3 Å². The number of anilines is 1. The highest BCUT2D eigenvalue weighted by Crippen LogP contribution is 2.51. The van der Waals surface area contributed by atoms with Crippen LogP contribution in [0.25, 0.3) is 0 Å². The van der Waals surface area contributed by atoms with Crippen molar-refractivity contribution in [3.63, 3.8) is 0 Å². The molecule has 0 bridgehead atoms. The molecule has 2 N–H and O–H groups in total. The highest BCUT2D eigenvalue weighted by molar-refractivity contribution is 7.17. The molecule has 1 aromatic rings. The third-order valence-corrected chi connectivity index (χ3v) is 6.60. The van der Waals surface area contributed by atoms with Crippen molar-refractivity contribution in [3.8, 4) is 0 Å².